The molecule has 20 heavy (non-hydrogen) atoms. The maximum Gasteiger partial charge on any atom is 0.239 e. The van der Waals surface area contributed by atoms with Crippen molar-refractivity contribution in [3.63, 3.8) is 0 Å². The molecule has 1 heterocycles. The zero-order valence-electron chi connectivity index (χ0n) is 12.2. The molecule has 3 nitrogen and oxygen atoms in total. The smallest absolute Gasteiger partial charge is 0.239 e. The molecule has 0 spiro atoms. The molecule has 0 saturated carbocycles. The predicted octanol–water partition coefficient (Wildman–Crippen LogP) is 3.08. The standard InChI is InChI=1S/C16H23ClN2O/c1-3-12-8-9-18-15(10-12)16(20)19(2)11-13-4-6-14(17)7-5-13/h4-7,12,15,18H,3,8-11H2,1-2H3. The van der Waals surface area contributed by atoms with E-state index in [1.54, 1.807) is 4.90 Å². The number of hydrogen-bond donors (Lipinski definition) is 1. The minimum absolute atomic E-state index is 0.0222. The van der Waals surface area contributed by atoms with Crippen molar-refractivity contribution in [1.82, 2.24) is 10.2 Å². The number of benzene rings is 1. The van der Waals surface area contributed by atoms with Gasteiger partial charge in [0, 0.05) is 18.6 Å². The van der Waals surface area contributed by atoms with Crippen molar-refractivity contribution in [1.29, 1.82) is 0 Å². The molecule has 1 aliphatic heterocycles. The van der Waals surface area contributed by atoms with Gasteiger partial charge in [0.2, 0.25) is 5.91 Å². The van der Waals surface area contributed by atoms with Gasteiger partial charge >= 0.3 is 0 Å². The Hall–Kier alpha value is -1.06. The molecule has 1 saturated heterocycles. The van der Waals surface area contributed by atoms with E-state index >= 15 is 0 Å². The molecule has 2 atom stereocenters. The van der Waals surface area contributed by atoms with Crippen molar-refractivity contribution in [2.75, 3.05) is 13.6 Å². The van der Waals surface area contributed by atoms with Crippen LogP contribution in [0, 0.1) is 5.92 Å². The number of halogens is 1. The van der Waals surface area contributed by atoms with Crippen LogP contribution in [0.25, 0.3) is 0 Å². The van der Waals surface area contributed by atoms with Crippen LogP contribution in [0.15, 0.2) is 24.3 Å². The van der Waals surface area contributed by atoms with Crippen LogP contribution in [0.4, 0.5) is 0 Å². The molecule has 1 aromatic rings. The summed E-state index contributed by atoms with van der Waals surface area (Å²) in [7, 11) is 1.87. The van der Waals surface area contributed by atoms with Gasteiger partial charge in [0.25, 0.3) is 0 Å². The number of hydrogen-bond acceptors (Lipinski definition) is 2. The van der Waals surface area contributed by atoms with Gasteiger partial charge in [-0.15, -0.1) is 0 Å². The lowest BCUT2D eigenvalue weighted by molar-refractivity contribution is -0.133. The zero-order valence-corrected chi connectivity index (χ0v) is 13.0. The summed E-state index contributed by atoms with van der Waals surface area (Å²) >= 11 is 5.87. The Morgan fingerprint density at radius 1 is 1.40 bits per heavy atom. The minimum atomic E-state index is -0.0222. The average molecular weight is 295 g/mol. The normalized spacial score (nSPS) is 22.6. The summed E-state index contributed by atoms with van der Waals surface area (Å²) in [6.45, 7) is 3.78. The van der Waals surface area contributed by atoms with Crippen LogP contribution in [0.2, 0.25) is 5.02 Å². The highest BCUT2D eigenvalue weighted by atomic mass is 35.5. The second-order valence-electron chi connectivity index (χ2n) is 5.63. The number of rotatable bonds is 4. The molecule has 0 radical (unpaired) electrons. The van der Waals surface area contributed by atoms with Crippen LogP contribution in [-0.4, -0.2) is 30.4 Å². The monoisotopic (exact) mass is 294 g/mol. The van der Waals surface area contributed by atoms with Crippen LogP contribution in [-0.2, 0) is 11.3 Å². The Bertz CT molecular complexity index is 446. The van der Waals surface area contributed by atoms with E-state index in [2.05, 4.69) is 12.2 Å². The molecule has 0 aromatic heterocycles. The first-order chi connectivity index (χ1) is 9.60. The number of carbonyl (C=O) groups excluding carboxylic acids is 1. The first-order valence-electron chi connectivity index (χ1n) is 7.33. The van der Waals surface area contributed by atoms with Crippen LogP contribution in [0.3, 0.4) is 0 Å². The van der Waals surface area contributed by atoms with Gasteiger partial charge in [-0.1, -0.05) is 37.1 Å². The van der Waals surface area contributed by atoms with E-state index in [0.29, 0.717) is 12.5 Å². The van der Waals surface area contributed by atoms with Gasteiger partial charge in [0.1, 0.15) is 0 Å². The van der Waals surface area contributed by atoms with E-state index in [1.165, 1.54) is 6.42 Å². The van der Waals surface area contributed by atoms with Gasteiger partial charge in [0.15, 0.2) is 0 Å². The van der Waals surface area contributed by atoms with Gasteiger partial charge in [-0.2, -0.15) is 0 Å². The number of carbonyl (C=O) groups is 1. The second kappa shape index (κ2) is 7.09. The number of nitrogens with one attached hydrogen (secondary N) is 1. The fraction of sp³-hybridized carbons (Fsp3) is 0.562. The molecule has 0 bridgehead atoms. The van der Waals surface area contributed by atoms with Crippen molar-refractivity contribution in [3.05, 3.63) is 34.9 Å². The summed E-state index contributed by atoms with van der Waals surface area (Å²) < 4.78 is 0. The maximum absolute atomic E-state index is 12.5. The van der Waals surface area contributed by atoms with Crippen molar-refractivity contribution in [2.45, 2.75) is 38.8 Å². The van der Waals surface area contributed by atoms with E-state index in [0.717, 1.165) is 30.0 Å². The largest absolute Gasteiger partial charge is 0.340 e. The van der Waals surface area contributed by atoms with Crippen molar-refractivity contribution >= 4 is 17.5 Å². The Kier molecular flexibility index (Phi) is 5.44. The molecule has 110 valence electrons. The first-order valence-corrected chi connectivity index (χ1v) is 7.70. The third kappa shape index (κ3) is 3.97. The molecule has 1 amide bonds. The summed E-state index contributed by atoms with van der Waals surface area (Å²) in [5, 5.41) is 4.07. The molecular weight excluding hydrogens is 272 g/mol. The Balaban J connectivity index is 1.92. The summed E-state index contributed by atoms with van der Waals surface area (Å²) in [6.07, 6.45) is 3.30. The van der Waals surface area contributed by atoms with E-state index in [-0.39, 0.29) is 11.9 Å². The lowest BCUT2D eigenvalue weighted by atomic mass is 9.90. The molecule has 1 fully saturated rings. The summed E-state index contributed by atoms with van der Waals surface area (Å²) in [5.74, 6) is 0.868. The van der Waals surface area contributed by atoms with Gasteiger partial charge in [0.05, 0.1) is 6.04 Å². The summed E-state index contributed by atoms with van der Waals surface area (Å²) in [5.41, 5.74) is 1.10. The van der Waals surface area contributed by atoms with Gasteiger partial charge in [-0.25, -0.2) is 0 Å². The van der Waals surface area contributed by atoms with Crippen molar-refractivity contribution < 1.29 is 4.79 Å². The number of likely N-dealkylation sites (N-methyl/N-ethyl adjacent to an activating group) is 1. The Morgan fingerprint density at radius 3 is 2.75 bits per heavy atom. The van der Waals surface area contributed by atoms with Crippen LogP contribution in [0.5, 0.6) is 0 Å². The zero-order chi connectivity index (χ0) is 14.5. The highest BCUT2D eigenvalue weighted by Crippen LogP contribution is 2.20. The first kappa shape index (κ1) is 15.3. The second-order valence-corrected chi connectivity index (χ2v) is 6.06. The summed E-state index contributed by atoms with van der Waals surface area (Å²) in [6, 6.07) is 7.64. The lowest BCUT2D eigenvalue weighted by Crippen LogP contribution is -2.49. The van der Waals surface area contributed by atoms with Crippen molar-refractivity contribution in [2.24, 2.45) is 5.92 Å². The average Bonchev–Trinajstić information content (AvgIpc) is 2.48. The quantitative estimate of drug-likeness (QED) is 0.925. The van der Waals surface area contributed by atoms with Crippen molar-refractivity contribution in [3.8, 4) is 0 Å². The fourth-order valence-electron chi connectivity index (χ4n) is 2.76. The molecule has 1 aromatic carbocycles. The van der Waals surface area contributed by atoms with Crippen LogP contribution >= 0.6 is 11.6 Å². The van der Waals surface area contributed by atoms with E-state index in [4.69, 9.17) is 11.6 Å². The molecule has 4 heteroatoms. The van der Waals surface area contributed by atoms with Gasteiger partial charge in [-0.05, 0) is 43.0 Å². The SMILES string of the molecule is CCC1CCNC(C(=O)N(C)Cc2ccc(Cl)cc2)C1. The highest BCUT2D eigenvalue weighted by molar-refractivity contribution is 6.30. The molecular formula is C16H23ClN2O. The molecule has 0 aliphatic carbocycles. The van der Waals surface area contributed by atoms with Crippen LogP contribution < -0.4 is 5.32 Å². The van der Waals surface area contributed by atoms with E-state index < -0.39 is 0 Å². The van der Waals surface area contributed by atoms with Gasteiger partial charge < -0.3 is 10.2 Å². The number of nitrogens with zero attached hydrogens (tertiary/aromatic N) is 1. The molecule has 2 rings (SSSR count). The third-order valence-electron chi connectivity index (χ3n) is 4.10. The third-order valence-corrected chi connectivity index (χ3v) is 4.35. The molecule has 1 aliphatic rings. The topological polar surface area (TPSA) is 32.3 Å². The fourth-order valence-corrected chi connectivity index (χ4v) is 2.89. The van der Waals surface area contributed by atoms with Crippen LogP contribution in [0.1, 0.15) is 31.7 Å². The number of amides is 1. The maximum atomic E-state index is 12.5. The number of piperidine rings is 1. The van der Waals surface area contributed by atoms with Gasteiger partial charge in [-0.3, -0.25) is 4.79 Å². The lowest BCUT2D eigenvalue weighted by Gasteiger charge is -2.31. The summed E-state index contributed by atoms with van der Waals surface area (Å²) in [4.78, 5) is 14.3. The highest BCUT2D eigenvalue weighted by Gasteiger charge is 2.27. The van der Waals surface area contributed by atoms with E-state index in [1.807, 2.05) is 31.3 Å². The Morgan fingerprint density at radius 2 is 2.10 bits per heavy atom. The predicted molar refractivity (Wildman–Crippen MR) is 82.7 cm³/mol. The minimum Gasteiger partial charge on any atom is -0.340 e. The molecule has 1 N–H and O–H groups in total. The Labute approximate surface area is 126 Å². The molecule has 2 unspecified atom stereocenters. The van der Waals surface area contributed by atoms with E-state index in [9.17, 15) is 4.79 Å².